The van der Waals surface area contributed by atoms with Gasteiger partial charge in [-0.1, -0.05) is 66.7 Å². The third kappa shape index (κ3) is 4.75. The summed E-state index contributed by atoms with van der Waals surface area (Å²) in [5, 5.41) is 2.82. The van der Waals surface area contributed by atoms with Gasteiger partial charge in [0.15, 0.2) is 0 Å². The highest BCUT2D eigenvalue weighted by Crippen LogP contribution is 2.32. The second kappa shape index (κ2) is 9.63. The Bertz CT molecular complexity index is 1190. The minimum atomic E-state index is -0.195. The molecule has 1 N–H and O–H groups in total. The van der Waals surface area contributed by atoms with Crippen molar-refractivity contribution in [3.8, 4) is 11.4 Å². The normalized spacial score (nSPS) is 11.2. The largest absolute Gasteiger partial charge is 0.351 e. The van der Waals surface area contributed by atoms with E-state index < -0.39 is 0 Å². The zero-order chi connectivity index (χ0) is 21.5. The third-order valence-electron chi connectivity index (χ3n) is 4.86. The van der Waals surface area contributed by atoms with E-state index in [-0.39, 0.29) is 5.91 Å². The number of carbonyl (C=O) groups excluding carboxylic acids is 1. The highest BCUT2D eigenvalue weighted by Gasteiger charge is 2.17. The summed E-state index contributed by atoms with van der Waals surface area (Å²) in [6, 6.07) is 29.8. The first-order chi connectivity index (χ1) is 15.3. The first-order valence-electron chi connectivity index (χ1n) is 10.3. The van der Waals surface area contributed by atoms with E-state index in [0.717, 1.165) is 28.0 Å². The fourth-order valence-electron chi connectivity index (χ4n) is 3.40. The van der Waals surface area contributed by atoms with Gasteiger partial charge in [0.25, 0.3) is 5.91 Å². The SMILES string of the molecule is CCNC(=O)c1ccc(/C(=C/c2ccccc2)c2ccccc2)c(-c2ccccn2)n1. The fourth-order valence-corrected chi connectivity index (χ4v) is 3.40. The zero-order valence-corrected chi connectivity index (χ0v) is 17.3. The maximum atomic E-state index is 12.5. The molecule has 31 heavy (non-hydrogen) atoms. The van der Waals surface area contributed by atoms with Crippen molar-refractivity contribution in [1.82, 2.24) is 15.3 Å². The summed E-state index contributed by atoms with van der Waals surface area (Å²) < 4.78 is 0. The van der Waals surface area contributed by atoms with Gasteiger partial charge in [0.1, 0.15) is 5.69 Å². The minimum absolute atomic E-state index is 0.195. The van der Waals surface area contributed by atoms with E-state index in [0.29, 0.717) is 17.9 Å². The molecule has 0 spiro atoms. The molecule has 0 saturated heterocycles. The summed E-state index contributed by atoms with van der Waals surface area (Å²) in [7, 11) is 0. The highest BCUT2D eigenvalue weighted by atomic mass is 16.1. The van der Waals surface area contributed by atoms with E-state index in [2.05, 4.69) is 40.6 Å². The van der Waals surface area contributed by atoms with Gasteiger partial charge < -0.3 is 5.32 Å². The van der Waals surface area contributed by atoms with Crippen molar-refractivity contribution in [2.24, 2.45) is 0 Å². The molecule has 0 saturated carbocycles. The molecule has 0 aliphatic heterocycles. The molecule has 0 aliphatic carbocycles. The zero-order valence-electron chi connectivity index (χ0n) is 17.3. The van der Waals surface area contributed by atoms with Crippen LogP contribution in [0.2, 0.25) is 0 Å². The van der Waals surface area contributed by atoms with Crippen molar-refractivity contribution in [2.45, 2.75) is 6.92 Å². The van der Waals surface area contributed by atoms with E-state index in [4.69, 9.17) is 4.98 Å². The summed E-state index contributed by atoms with van der Waals surface area (Å²) in [5.41, 5.74) is 5.86. The summed E-state index contributed by atoms with van der Waals surface area (Å²) in [5.74, 6) is -0.195. The lowest BCUT2D eigenvalue weighted by Crippen LogP contribution is -2.24. The number of hydrogen-bond acceptors (Lipinski definition) is 3. The van der Waals surface area contributed by atoms with Gasteiger partial charge in [-0.25, -0.2) is 4.98 Å². The van der Waals surface area contributed by atoms with Crippen molar-refractivity contribution in [3.63, 3.8) is 0 Å². The van der Waals surface area contributed by atoms with Crippen LogP contribution in [0, 0.1) is 0 Å². The van der Waals surface area contributed by atoms with Crippen LogP contribution in [-0.2, 0) is 0 Å². The second-order valence-electron chi connectivity index (χ2n) is 7.00. The quantitative estimate of drug-likeness (QED) is 0.432. The Labute approximate surface area is 182 Å². The number of benzene rings is 2. The molecule has 2 heterocycles. The number of nitrogens with zero attached hydrogens (tertiary/aromatic N) is 2. The molecule has 0 aliphatic rings. The lowest BCUT2D eigenvalue weighted by atomic mass is 9.93. The van der Waals surface area contributed by atoms with Crippen LogP contribution in [0.3, 0.4) is 0 Å². The van der Waals surface area contributed by atoms with Gasteiger partial charge >= 0.3 is 0 Å². The standard InChI is InChI=1S/C27H23N3O/c1-2-28-27(31)25-17-16-22(26(30-25)24-15-9-10-18-29-24)23(21-13-7-4-8-14-21)19-20-11-5-3-6-12-20/h3-19H,2H2,1H3,(H,28,31)/b23-19+. The molecule has 2 aromatic heterocycles. The van der Waals surface area contributed by atoms with Gasteiger partial charge in [-0.3, -0.25) is 9.78 Å². The predicted molar refractivity (Wildman–Crippen MR) is 125 cm³/mol. The Morgan fingerprint density at radius 3 is 2.26 bits per heavy atom. The molecule has 0 atom stereocenters. The maximum Gasteiger partial charge on any atom is 0.269 e. The van der Waals surface area contributed by atoms with E-state index >= 15 is 0 Å². The number of hydrogen-bond donors (Lipinski definition) is 1. The maximum absolute atomic E-state index is 12.5. The van der Waals surface area contributed by atoms with Gasteiger partial charge in [0, 0.05) is 18.3 Å². The van der Waals surface area contributed by atoms with Crippen LogP contribution in [0.1, 0.15) is 34.1 Å². The van der Waals surface area contributed by atoms with Gasteiger partial charge in [-0.2, -0.15) is 0 Å². The molecule has 152 valence electrons. The molecule has 0 radical (unpaired) electrons. The van der Waals surface area contributed by atoms with Crippen LogP contribution in [0.15, 0.2) is 97.2 Å². The lowest BCUT2D eigenvalue weighted by Gasteiger charge is -2.15. The van der Waals surface area contributed by atoms with Crippen LogP contribution in [0.25, 0.3) is 23.0 Å². The molecule has 0 unspecified atom stereocenters. The predicted octanol–water partition coefficient (Wildman–Crippen LogP) is 5.48. The van der Waals surface area contributed by atoms with Crippen molar-refractivity contribution >= 4 is 17.6 Å². The molecule has 0 bridgehead atoms. The van der Waals surface area contributed by atoms with Crippen molar-refractivity contribution < 1.29 is 4.79 Å². The lowest BCUT2D eigenvalue weighted by molar-refractivity contribution is 0.0951. The van der Waals surface area contributed by atoms with Gasteiger partial charge in [0.05, 0.1) is 11.4 Å². The Morgan fingerprint density at radius 1 is 0.871 bits per heavy atom. The van der Waals surface area contributed by atoms with E-state index in [1.165, 1.54) is 0 Å². The smallest absolute Gasteiger partial charge is 0.269 e. The van der Waals surface area contributed by atoms with E-state index in [1.807, 2.05) is 67.6 Å². The van der Waals surface area contributed by atoms with Crippen LogP contribution in [0.5, 0.6) is 0 Å². The summed E-state index contributed by atoms with van der Waals surface area (Å²) >= 11 is 0. The van der Waals surface area contributed by atoms with E-state index in [1.54, 1.807) is 12.3 Å². The summed E-state index contributed by atoms with van der Waals surface area (Å²) in [6.07, 6.45) is 3.88. The molecule has 4 rings (SSSR count). The number of carbonyl (C=O) groups is 1. The van der Waals surface area contributed by atoms with Crippen LogP contribution >= 0.6 is 0 Å². The molecule has 4 nitrogen and oxygen atoms in total. The van der Waals surface area contributed by atoms with Gasteiger partial charge in [-0.05, 0) is 54.0 Å². The number of nitrogens with one attached hydrogen (secondary N) is 1. The summed E-state index contributed by atoms with van der Waals surface area (Å²) in [4.78, 5) is 21.7. The van der Waals surface area contributed by atoms with Gasteiger partial charge in [0.2, 0.25) is 0 Å². The highest BCUT2D eigenvalue weighted by molar-refractivity contribution is 5.98. The van der Waals surface area contributed by atoms with Crippen LogP contribution in [-0.4, -0.2) is 22.4 Å². The van der Waals surface area contributed by atoms with E-state index in [9.17, 15) is 4.79 Å². The fraction of sp³-hybridized carbons (Fsp3) is 0.0741. The molecule has 2 aromatic carbocycles. The monoisotopic (exact) mass is 405 g/mol. The number of rotatable bonds is 6. The van der Waals surface area contributed by atoms with Crippen LogP contribution < -0.4 is 5.32 Å². The number of pyridine rings is 2. The Kier molecular flexibility index (Phi) is 6.29. The average Bonchev–Trinajstić information content (AvgIpc) is 2.84. The van der Waals surface area contributed by atoms with Gasteiger partial charge in [-0.15, -0.1) is 0 Å². The molecular weight excluding hydrogens is 382 g/mol. The molecular formula is C27H23N3O. The van der Waals surface area contributed by atoms with Crippen molar-refractivity contribution in [2.75, 3.05) is 6.54 Å². The second-order valence-corrected chi connectivity index (χ2v) is 7.00. The van der Waals surface area contributed by atoms with Crippen molar-refractivity contribution in [3.05, 3.63) is 120 Å². The number of amides is 1. The van der Waals surface area contributed by atoms with Crippen molar-refractivity contribution in [1.29, 1.82) is 0 Å². The Balaban J connectivity index is 1.94. The average molecular weight is 406 g/mol. The summed E-state index contributed by atoms with van der Waals surface area (Å²) in [6.45, 7) is 2.44. The first kappa shape index (κ1) is 20.2. The first-order valence-corrected chi connectivity index (χ1v) is 10.3. The topological polar surface area (TPSA) is 54.9 Å². The molecule has 4 aromatic rings. The molecule has 0 fully saturated rings. The minimum Gasteiger partial charge on any atom is -0.351 e. The van der Waals surface area contributed by atoms with Crippen LogP contribution in [0.4, 0.5) is 0 Å². The molecule has 1 amide bonds. The molecule has 4 heteroatoms. The number of aromatic nitrogens is 2. The Hall–Kier alpha value is -4.05. The Morgan fingerprint density at radius 2 is 1.58 bits per heavy atom. The third-order valence-corrected chi connectivity index (χ3v) is 4.86.